The fourth-order valence-electron chi connectivity index (χ4n) is 3.11. The number of thioether (sulfide) groups is 1. The number of piperazine rings is 1. The van der Waals surface area contributed by atoms with Crippen molar-refractivity contribution in [2.24, 2.45) is 0 Å². The first-order valence-corrected chi connectivity index (χ1v) is 10.2. The molecule has 0 bridgehead atoms. The standard InChI is InChI=1S/C19H21N7OS/c1-15-5-7-16(8-6-15)26-19(21-22-23-26)28-14-18(27)25-12-10-24(11-13-25)17-4-2-3-9-20-17/h2-9H,10-14H2,1H3/p+1. The van der Waals surface area contributed by atoms with Gasteiger partial charge >= 0.3 is 0 Å². The predicted octanol–water partition coefficient (Wildman–Crippen LogP) is 1.23. The maximum absolute atomic E-state index is 12.6. The van der Waals surface area contributed by atoms with Gasteiger partial charge in [-0.3, -0.25) is 9.69 Å². The monoisotopic (exact) mass is 396 g/mol. The number of carbonyl (C=O) groups is 1. The molecule has 9 heteroatoms. The highest BCUT2D eigenvalue weighted by atomic mass is 32.2. The summed E-state index contributed by atoms with van der Waals surface area (Å²) in [4.78, 5) is 20.0. The number of aromatic nitrogens is 5. The number of benzene rings is 1. The Kier molecular flexibility index (Phi) is 5.52. The second kappa shape index (κ2) is 8.39. The summed E-state index contributed by atoms with van der Waals surface area (Å²) in [6.07, 6.45) is 1.92. The van der Waals surface area contributed by atoms with Crippen LogP contribution in [0.25, 0.3) is 5.69 Å². The Morgan fingerprint density at radius 1 is 1.11 bits per heavy atom. The number of carbonyl (C=O) groups excluding carboxylic acids is 1. The Labute approximate surface area is 167 Å². The number of amides is 1. The van der Waals surface area contributed by atoms with Gasteiger partial charge in [0.15, 0.2) is 0 Å². The first-order valence-electron chi connectivity index (χ1n) is 9.18. The normalized spacial score (nSPS) is 14.3. The fourth-order valence-corrected chi connectivity index (χ4v) is 3.91. The minimum atomic E-state index is 0.111. The number of aryl methyl sites for hydroxylation is 1. The third kappa shape index (κ3) is 4.14. The summed E-state index contributed by atoms with van der Waals surface area (Å²) in [6, 6.07) is 14.0. The number of nitrogens with zero attached hydrogens (tertiary/aromatic N) is 6. The Hall–Kier alpha value is -2.94. The summed E-state index contributed by atoms with van der Waals surface area (Å²) in [6.45, 7) is 5.10. The molecule has 0 unspecified atom stereocenters. The highest BCUT2D eigenvalue weighted by Gasteiger charge is 2.26. The maximum Gasteiger partial charge on any atom is 0.274 e. The number of anilines is 1. The first kappa shape index (κ1) is 18.4. The van der Waals surface area contributed by atoms with Crippen LogP contribution in [0.4, 0.5) is 5.82 Å². The highest BCUT2D eigenvalue weighted by Crippen LogP contribution is 2.19. The topological polar surface area (TPSA) is 81.3 Å². The molecule has 1 fully saturated rings. The van der Waals surface area contributed by atoms with E-state index in [0.717, 1.165) is 24.6 Å². The summed E-state index contributed by atoms with van der Waals surface area (Å²) in [5.41, 5.74) is 2.06. The summed E-state index contributed by atoms with van der Waals surface area (Å²) in [7, 11) is 0. The van der Waals surface area contributed by atoms with E-state index in [9.17, 15) is 4.79 Å². The summed E-state index contributed by atoms with van der Waals surface area (Å²) in [5.74, 6) is 1.52. The van der Waals surface area contributed by atoms with Gasteiger partial charge < -0.3 is 4.90 Å². The van der Waals surface area contributed by atoms with Gasteiger partial charge in [-0.15, -0.1) is 5.10 Å². The van der Waals surface area contributed by atoms with Crippen LogP contribution in [-0.4, -0.2) is 62.9 Å². The van der Waals surface area contributed by atoms with Crippen molar-refractivity contribution >= 4 is 23.5 Å². The third-order valence-corrected chi connectivity index (χ3v) is 5.61. The van der Waals surface area contributed by atoms with E-state index in [1.807, 2.05) is 54.4 Å². The third-order valence-electron chi connectivity index (χ3n) is 4.71. The van der Waals surface area contributed by atoms with E-state index in [0.29, 0.717) is 24.0 Å². The van der Waals surface area contributed by atoms with Crippen LogP contribution in [0.5, 0.6) is 0 Å². The number of hydrogen-bond acceptors (Lipinski definition) is 6. The SMILES string of the molecule is Cc1ccc(-n2nnnc2SCC(=O)N2CCN(c3cccc[nH+]3)CC2)cc1. The van der Waals surface area contributed by atoms with Gasteiger partial charge in [0.25, 0.3) is 5.82 Å². The average Bonchev–Trinajstić information content (AvgIpc) is 3.22. The van der Waals surface area contributed by atoms with E-state index < -0.39 is 0 Å². The van der Waals surface area contributed by atoms with Crippen LogP contribution in [0.2, 0.25) is 0 Å². The molecule has 144 valence electrons. The van der Waals surface area contributed by atoms with Crippen LogP contribution in [0.3, 0.4) is 0 Å². The molecule has 28 heavy (non-hydrogen) atoms. The van der Waals surface area contributed by atoms with Crippen LogP contribution >= 0.6 is 11.8 Å². The minimum absolute atomic E-state index is 0.111. The molecule has 0 atom stereocenters. The molecule has 0 spiro atoms. The van der Waals surface area contributed by atoms with Gasteiger partial charge in [-0.2, -0.15) is 4.68 Å². The van der Waals surface area contributed by atoms with Gasteiger partial charge in [-0.05, 0) is 35.5 Å². The molecule has 3 heterocycles. The lowest BCUT2D eigenvalue weighted by atomic mass is 10.2. The lowest BCUT2D eigenvalue weighted by molar-refractivity contribution is -0.364. The molecule has 1 aromatic carbocycles. The van der Waals surface area contributed by atoms with Crippen molar-refractivity contribution in [2.45, 2.75) is 12.1 Å². The zero-order valence-electron chi connectivity index (χ0n) is 15.7. The lowest BCUT2D eigenvalue weighted by Gasteiger charge is -2.30. The van der Waals surface area contributed by atoms with Crippen molar-refractivity contribution in [3.8, 4) is 5.69 Å². The molecule has 1 N–H and O–H groups in total. The maximum atomic E-state index is 12.6. The molecule has 1 aliphatic rings. The van der Waals surface area contributed by atoms with Crippen LogP contribution in [0.1, 0.15) is 5.56 Å². The molecule has 0 radical (unpaired) electrons. The van der Waals surface area contributed by atoms with Gasteiger partial charge in [-0.25, -0.2) is 4.98 Å². The molecule has 0 aliphatic carbocycles. The number of nitrogens with one attached hydrogen (secondary N) is 1. The highest BCUT2D eigenvalue weighted by molar-refractivity contribution is 7.99. The van der Waals surface area contributed by atoms with Crippen molar-refractivity contribution < 1.29 is 9.78 Å². The van der Waals surface area contributed by atoms with Crippen molar-refractivity contribution in [1.29, 1.82) is 0 Å². The van der Waals surface area contributed by atoms with Gasteiger partial charge in [0.05, 0.1) is 30.7 Å². The minimum Gasteiger partial charge on any atom is -0.334 e. The van der Waals surface area contributed by atoms with Gasteiger partial charge in [0.1, 0.15) is 13.1 Å². The molecule has 2 aromatic heterocycles. The summed E-state index contributed by atoms with van der Waals surface area (Å²) >= 11 is 1.37. The number of H-pyrrole nitrogens is 1. The zero-order chi connectivity index (χ0) is 19.3. The van der Waals surface area contributed by atoms with E-state index in [1.54, 1.807) is 4.68 Å². The Morgan fingerprint density at radius 2 is 1.89 bits per heavy atom. The first-order chi connectivity index (χ1) is 13.7. The molecule has 4 rings (SSSR count). The molecule has 8 nitrogen and oxygen atoms in total. The largest absolute Gasteiger partial charge is 0.334 e. The molecular formula is C19H22N7OS+. The van der Waals surface area contributed by atoms with Crippen LogP contribution in [0.15, 0.2) is 53.8 Å². The Morgan fingerprint density at radius 3 is 2.61 bits per heavy atom. The molecular weight excluding hydrogens is 374 g/mol. The van der Waals surface area contributed by atoms with Crippen LogP contribution < -0.4 is 9.88 Å². The quantitative estimate of drug-likeness (QED) is 0.604. The molecule has 3 aromatic rings. The van der Waals surface area contributed by atoms with E-state index in [2.05, 4.69) is 31.5 Å². The Balaban J connectivity index is 1.32. The second-order valence-corrected chi connectivity index (χ2v) is 7.56. The second-order valence-electron chi connectivity index (χ2n) is 6.61. The lowest BCUT2D eigenvalue weighted by Crippen LogP contribution is -2.50. The van der Waals surface area contributed by atoms with E-state index in [1.165, 1.54) is 17.3 Å². The van der Waals surface area contributed by atoms with E-state index >= 15 is 0 Å². The van der Waals surface area contributed by atoms with Gasteiger partial charge in [-0.1, -0.05) is 35.5 Å². The zero-order valence-corrected chi connectivity index (χ0v) is 16.5. The fraction of sp³-hybridized carbons (Fsp3) is 0.316. The summed E-state index contributed by atoms with van der Waals surface area (Å²) < 4.78 is 1.67. The number of aromatic amines is 1. The smallest absolute Gasteiger partial charge is 0.274 e. The number of rotatable bonds is 5. The Bertz CT molecular complexity index is 921. The number of pyridine rings is 1. The average molecular weight is 397 g/mol. The predicted molar refractivity (Wildman–Crippen MR) is 106 cm³/mol. The van der Waals surface area contributed by atoms with Crippen molar-refractivity contribution in [2.75, 3.05) is 36.8 Å². The van der Waals surface area contributed by atoms with Crippen LogP contribution in [0, 0.1) is 6.92 Å². The number of tetrazole rings is 1. The van der Waals surface area contributed by atoms with Crippen molar-refractivity contribution in [1.82, 2.24) is 25.1 Å². The van der Waals surface area contributed by atoms with Gasteiger partial charge in [0.2, 0.25) is 11.1 Å². The summed E-state index contributed by atoms with van der Waals surface area (Å²) in [5, 5.41) is 12.5. The molecule has 1 aliphatic heterocycles. The van der Waals surface area contributed by atoms with Crippen molar-refractivity contribution in [3.63, 3.8) is 0 Å². The van der Waals surface area contributed by atoms with Crippen LogP contribution in [-0.2, 0) is 4.79 Å². The molecule has 0 saturated carbocycles. The van der Waals surface area contributed by atoms with E-state index in [4.69, 9.17) is 0 Å². The van der Waals surface area contributed by atoms with Crippen molar-refractivity contribution in [3.05, 3.63) is 54.2 Å². The van der Waals surface area contributed by atoms with Gasteiger partial charge in [0, 0.05) is 6.07 Å². The molecule has 1 saturated heterocycles. The molecule has 1 amide bonds. The van der Waals surface area contributed by atoms with E-state index in [-0.39, 0.29) is 5.91 Å². The number of hydrogen-bond donors (Lipinski definition) is 0.